The van der Waals surface area contributed by atoms with Crippen LogP contribution in [-0.4, -0.2) is 14.5 Å². The van der Waals surface area contributed by atoms with Crippen LogP contribution in [0.4, 0.5) is 0 Å². The molecule has 0 radical (unpaired) electrons. The van der Waals surface area contributed by atoms with E-state index in [0.29, 0.717) is 0 Å². The van der Waals surface area contributed by atoms with Gasteiger partial charge in [0.05, 0.1) is 11.7 Å². The zero-order chi connectivity index (χ0) is 10.1. The minimum Gasteiger partial charge on any atom is -0.300 e. The van der Waals surface area contributed by atoms with E-state index in [-0.39, 0.29) is 0 Å². The summed E-state index contributed by atoms with van der Waals surface area (Å²) in [5.41, 5.74) is 1.15. The van der Waals surface area contributed by atoms with Crippen LogP contribution in [0.3, 0.4) is 0 Å². The van der Waals surface area contributed by atoms with Gasteiger partial charge in [-0.2, -0.15) is 0 Å². The van der Waals surface area contributed by atoms with Gasteiger partial charge in [-0.1, -0.05) is 18.2 Å². The molecule has 15 heavy (non-hydrogen) atoms. The summed E-state index contributed by atoms with van der Waals surface area (Å²) >= 11 is 0. The molecule has 2 aromatic heterocycles. The summed E-state index contributed by atoms with van der Waals surface area (Å²) in [4.78, 5) is 8.34. The quantitative estimate of drug-likeness (QED) is 0.597. The van der Waals surface area contributed by atoms with Crippen LogP contribution < -0.4 is 0 Å². The van der Waals surface area contributed by atoms with Crippen LogP contribution >= 0.6 is 0 Å². The zero-order valence-corrected chi connectivity index (χ0v) is 8.04. The van der Waals surface area contributed by atoms with E-state index in [2.05, 4.69) is 28.2 Å². The lowest BCUT2D eigenvalue weighted by Gasteiger charge is -2.02. The largest absolute Gasteiger partial charge is 0.300 e. The molecule has 1 aromatic carbocycles. The molecule has 0 aliphatic rings. The van der Waals surface area contributed by atoms with Crippen molar-refractivity contribution < 1.29 is 0 Å². The lowest BCUT2D eigenvalue weighted by Crippen LogP contribution is -1.95. The Morgan fingerprint density at radius 2 is 1.93 bits per heavy atom. The monoisotopic (exact) mass is 195 g/mol. The molecule has 0 saturated heterocycles. The van der Waals surface area contributed by atoms with Crippen LogP contribution in [-0.2, 0) is 0 Å². The zero-order valence-electron chi connectivity index (χ0n) is 8.04. The van der Waals surface area contributed by atoms with Gasteiger partial charge in [-0.05, 0) is 17.5 Å². The van der Waals surface area contributed by atoms with Gasteiger partial charge in [0.1, 0.15) is 0 Å². The molecule has 0 unspecified atom stereocenters. The van der Waals surface area contributed by atoms with E-state index in [1.54, 1.807) is 18.6 Å². The average molecular weight is 195 g/mol. The van der Waals surface area contributed by atoms with Crippen LogP contribution in [0, 0.1) is 0 Å². The van der Waals surface area contributed by atoms with Crippen LogP contribution in [0.15, 0.2) is 55.1 Å². The van der Waals surface area contributed by atoms with Crippen molar-refractivity contribution in [3.05, 3.63) is 55.1 Å². The topological polar surface area (TPSA) is 30.7 Å². The second-order valence-electron chi connectivity index (χ2n) is 3.31. The fourth-order valence-corrected chi connectivity index (χ4v) is 1.70. The first-order chi connectivity index (χ1) is 7.45. The fraction of sp³-hybridized carbons (Fsp3) is 0. The molecule has 0 N–H and O–H groups in total. The van der Waals surface area contributed by atoms with Crippen molar-refractivity contribution in [1.29, 1.82) is 0 Å². The molecule has 3 aromatic rings. The minimum absolute atomic E-state index is 0.846. The summed E-state index contributed by atoms with van der Waals surface area (Å²) in [6, 6.07) is 10.3. The first-order valence-electron chi connectivity index (χ1n) is 4.77. The van der Waals surface area contributed by atoms with Gasteiger partial charge in [0.2, 0.25) is 0 Å². The summed E-state index contributed by atoms with van der Waals surface area (Å²) in [5, 5.41) is 1.21. The molecule has 0 amide bonds. The van der Waals surface area contributed by atoms with E-state index in [1.807, 2.05) is 22.9 Å². The lowest BCUT2D eigenvalue weighted by atomic mass is 10.2. The Labute approximate surface area is 87.0 Å². The molecule has 0 bridgehead atoms. The number of hydrogen-bond acceptors (Lipinski definition) is 2. The lowest BCUT2D eigenvalue weighted by molar-refractivity contribution is 1.01. The molecule has 0 fully saturated rings. The normalized spacial score (nSPS) is 10.7. The number of nitrogens with zero attached hydrogens (tertiary/aromatic N) is 3. The van der Waals surface area contributed by atoms with Crippen molar-refractivity contribution >= 4 is 10.9 Å². The van der Waals surface area contributed by atoms with E-state index in [4.69, 9.17) is 0 Å². The van der Waals surface area contributed by atoms with Crippen molar-refractivity contribution in [3.63, 3.8) is 0 Å². The molecule has 3 rings (SSSR count). The van der Waals surface area contributed by atoms with Gasteiger partial charge in [0.25, 0.3) is 0 Å². The van der Waals surface area contributed by atoms with Gasteiger partial charge in [-0.3, -0.25) is 9.55 Å². The standard InChI is InChI=1S/C12H9N3/c1-2-4-11-10(3-1)5-8-15(11)12-9-13-6-7-14-12/h1-9H. The first-order valence-corrected chi connectivity index (χ1v) is 4.77. The van der Waals surface area contributed by atoms with E-state index in [0.717, 1.165) is 11.3 Å². The summed E-state index contributed by atoms with van der Waals surface area (Å²) in [5.74, 6) is 0.846. The molecule has 0 atom stereocenters. The van der Waals surface area contributed by atoms with Gasteiger partial charge in [0.15, 0.2) is 5.82 Å². The fourth-order valence-electron chi connectivity index (χ4n) is 1.70. The predicted octanol–water partition coefficient (Wildman–Crippen LogP) is 2.42. The highest BCUT2D eigenvalue weighted by Crippen LogP contribution is 2.17. The summed E-state index contributed by atoms with van der Waals surface area (Å²) < 4.78 is 2.03. The minimum atomic E-state index is 0.846. The van der Waals surface area contributed by atoms with E-state index >= 15 is 0 Å². The molecule has 3 heteroatoms. The molecule has 0 spiro atoms. The molecular formula is C12H9N3. The summed E-state index contributed by atoms with van der Waals surface area (Å²) in [7, 11) is 0. The van der Waals surface area contributed by atoms with Gasteiger partial charge in [0, 0.05) is 18.6 Å². The summed E-state index contributed by atoms with van der Waals surface area (Å²) in [6.45, 7) is 0. The molecule has 72 valence electrons. The van der Waals surface area contributed by atoms with Gasteiger partial charge in [-0.25, -0.2) is 4.98 Å². The Kier molecular flexibility index (Phi) is 1.75. The smallest absolute Gasteiger partial charge is 0.155 e. The number of rotatable bonds is 1. The van der Waals surface area contributed by atoms with Crippen LogP contribution in [0.1, 0.15) is 0 Å². The first kappa shape index (κ1) is 8.17. The maximum Gasteiger partial charge on any atom is 0.155 e. The van der Waals surface area contributed by atoms with Gasteiger partial charge < -0.3 is 0 Å². The molecule has 3 nitrogen and oxygen atoms in total. The molecule has 0 aliphatic carbocycles. The van der Waals surface area contributed by atoms with Crippen LogP contribution in [0.25, 0.3) is 16.7 Å². The van der Waals surface area contributed by atoms with Crippen molar-refractivity contribution in [1.82, 2.24) is 14.5 Å². The molecule has 0 aliphatic heterocycles. The number of fused-ring (bicyclic) bond motifs is 1. The second-order valence-corrected chi connectivity index (χ2v) is 3.31. The highest BCUT2D eigenvalue weighted by Gasteiger charge is 2.02. The number of benzene rings is 1. The SMILES string of the molecule is c1ccc2c(c1)ccn2-c1cnccn1. The van der Waals surface area contributed by atoms with E-state index < -0.39 is 0 Å². The Bertz CT molecular complexity index is 584. The van der Waals surface area contributed by atoms with Crippen molar-refractivity contribution in [2.45, 2.75) is 0 Å². The van der Waals surface area contributed by atoms with Gasteiger partial charge >= 0.3 is 0 Å². The third kappa shape index (κ3) is 1.29. The molecule has 2 heterocycles. The van der Waals surface area contributed by atoms with Crippen molar-refractivity contribution in [2.24, 2.45) is 0 Å². The van der Waals surface area contributed by atoms with Gasteiger partial charge in [-0.15, -0.1) is 0 Å². The van der Waals surface area contributed by atoms with Crippen LogP contribution in [0.2, 0.25) is 0 Å². The van der Waals surface area contributed by atoms with Crippen molar-refractivity contribution in [3.8, 4) is 5.82 Å². The molecular weight excluding hydrogens is 186 g/mol. The Balaban J connectivity index is 2.28. The number of hydrogen-bond donors (Lipinski definition) is 0. The molecule has 0 saturated carbocycles. The Morgan fingerprint density at radius 3 is 2.80 bits per heavy atom. The third-order valence-electron chi connectivity index (χ3n) is 2.40. The highest BCUT2D eigenvalue weighted by molar-refractivity contribution is 5.81. The maximum atomic E-state index is 4.27. The van der Waals surface area contributed by atoms with Crippen molar-refractivity contribution in [2.75, 3.05) is 0 Å². The predicted molar refractivity (Wildman–Crippen MR) is 58.9 cm³/mol. The Morgan fingerprint density at radius 1 is 1.00 bits per heavy atom. The highest BCUT2D eigenvalue weighted by atomic mass is 15.1. The second kappa shape index (κ2) is 3.20. The average Bonchev–Trinajstić information content (AvgIpc) is 2.74. The maximum absolute atomic E-state index is 4.27. The number of para-hydroxylation sites is 1. The summed E-state index contributed by atoms with van der Waals surface area (Å²) in [6.07, 6.45) is 7.14. The van der Waals surface area contributed by atoms with E-state index in [1.165, 1.54) is 5.39 Å². The van der Waals surface area contributed by atoms with Crippen LogP contribution in [0.5, 0.6) is 0 Å². The van der Waals surface area contributed by atoms with E-state index in [9.17, 15) is 0 Å². The number of aromatic nitrogens is 3. The Hall–Kier alpha value is -2.16. The third-order valence-corrected chi connectivity index (χ3v) is 2.40.